The Morgan fingerprint density at radius 3 is 2.77 bits per heavy atom. The van der Waals surface area contributed by atoms with Crippen molar-refractivity contribution in [1.82, 2.24) is 4.90 Å². The number of amides is 1. The molecule has 0 radical (unpaired) electrons. The lowest BCUT2D eigenvalue weighted by Crippen LogP contribution is -2.44. The van der Waals surface area contributed by atoms with Crippen molar-refractivity contribution in [3.63, 3.8) is 0 Å². The van der Waals surface area contributed by atoms with Crippen LogP contribution in [0.2, 0.25) is 0 Å². The summed E-state index contributed by atoms with van der Waals surface area (Å²) in [6.07, 6.45) is 0.405. The minimum Gasteiger partial charge on any atom is -0.534 e. The summed E-state index contributed by atoms with van der Waals surface area (Å²) in [6.45, 7) is 2.24. The first-order valence-electron chi connectivity index (χ1n) is 8.26. The van der Waals surface area contributed by atoms with Crippen molar-refractivity contribution >= 4 is 30.8 Å². The summed E-state index contributed by atoms with van der Waals surface area (Å²) >= 11 is 1.31. The normalized spacial score (nSPS) is 19.5. The van der Waals surface area contributed by atoms with E-state index in [2.05, 4.69) is 0 Å². The number of methoxy groups -OCH3 is 1. The fourth-order valence-corrected chi connectivity index (χ4v) is 4.07. The number of benzene rings is 1. The number of ether oxygens (including phenoxy) is 2. The zero-order valence-electron chi connectivity index (χ0n) is 14.3. The molecule has 0 spiro atoms. The molecule has 1 aromatic rings. The highest BCUT2D eigenvalue weighted by Crippen LogP contribution is 2.38. The molecule has 2 aliphatic heterocycles. The van der Waals surface area contributed by atoms with E-state index in [0.29, 0.717) is 38.3 Å². The van der Waals surface area contributed by atoms with Crippen molar-refractivity contribution in [2.45, 2.75) is 11.6 Å². The number of carboxylic acid groups (broad SMARTS) is 1. The number of rotatable bonds is 5. The molecule has 3 rings (SSSR count). The lowest BCUT2D eigenvalue weighted by Gasteiger charge is -2.30. The maximum Gasteiger partial charge on any atom is 0.536 e. The number of hydrogen-bond donors (Lipinski definition) is 2. The maximum absolute atomic E-state index is 12.3. The van der Waals surface area contributed by atoms with Crippen LogP contribution in [0.15, 0.2) is 12.1 Å². The van der Waals surface area contributed by atoms with Gasteiger partial charge < -0.3 is 29.2 Å². The van der Waals surface area contributed by atoms with Gasteiger partial charge in [-0.3, -0.25) is 4.79 Å². The number of hydrogen-bond acceptors (Lipinski definition) is 7. The van der Waals surface area contributed by atoms with Gasteiger partial charge in [-0.2, -0.15) is 0 Å². The van der Waals surface area contributed by atoms with Gasteiger partial charge in [0, 0.05) is 13.1 Å². The van der Waals surface area contributed by atoms with E-state index >= 15 is 0 Å². The highest BCUT2D eigenvalue weighted by molar-refractivity contribution is 8.01. The van der Waals surface area contributed by atoms with Crippen molar-refractivity contribution in [3.8, 4) is 11.5 Å². The SMILES string of the molecule is COc1ccc2c(c1C(=O)O)OB(O)[C@@H](SCC(=O)N1CCOCC1)C2. The first-order valence-corrected chi connectivity index (χ1v) is 9.31. The topological polar surface area (TPSA) is 106 Å². The Bertz CT molecular complexity index is 695. The number of carbonyl (C=O) groups is 2. The van der Waals surface area contributed by atoms with Crippen LogP contribution >= 0.6 is 11.8 Å². The monoisotopic (exact) mass is 381 g/mol. The first kappa shape index (κ1) is 18.9. The van der Waals surface area contributed by atoms with Crippen LogP contribution in [0, 0.1) is 0 Å². The second kappa shape index (κ2) is 8.19. The summed E-state index contributed by atoms with van der Waals surface area (Å²) in [5.41, 5.74) is 0.571. The van der Waals surface area contributed by atoms with Crippen LogP contribution in [0.25, 0.3) is 0 Å². The number of thioether (sulfide) groups is 1. The average molecular weight is 381 g/mol. The second-order valence-electron chi connectivity index (χ2n) is 5.99. The Kier molecular flexibility index (Phi) is 5.95. The van der Waals surface area contributed by atoms with E-state index in [1.54, 1.807) is 17.0 Å². The van der Waals surface area contributed by atoms with Gasteiger partial charge in [-0.1, -0.05) is 6.07 Å². The van der Waals surface area contributed by atoms with E-state index in [9.17, 15) is 19.7 Å². The predicted octanol–water partition coefficient (Wildman–Crippen LogP) is 0.309. The van der Waals surface area contributed by atoms with Gasteiger partial charge in [0.05, 0.1) is 31.2 Å². The number of morpholine rings is 1. The molecular formula is C16H20BNO7S. The molecule has 2 N–H and O–H groups in total. The average Bonchev–Trinajstić information content (AvgIpc) is 2.65. The summed E-state index contributed by atoms with van der Waals surface area (Å²) in [5, 5.41) is 19.3. The molecule has 0 saturated carbocycles. The van der Waals surface area contributed by atoms with E-state index in [1.165, 1.54) is 18.9 Å². The second-order valence-corrected chi connectivity index (χ2v) is 7.22. The molecule has 10 heteroatoms. The molecule has 1 fully saturated rings. The van der Waals surface area contributed by atoms with Gasteiger partial charge in [-0.25, -0.2) is 4.79 Å². The fourth-order valence-electron chi connectivity index (χ4n) is 3.01. The Balaban J connectivity index is 1.69. The standard InChI is InChI=1S/C16H20BNO7S/c1-23-11-3-2-10-8-12(17(22)25-15(10)14(11)16(20)21)26-9-13(19)18-4-6-24-7-5-18/h2-3,12,22H,4-9H2,1H3,(H,20,21)/t12-/m0/s1. The molecule has 2 heterocycles. The number of carboxylic acids is 1. The molecule has 1 atom stereocenters. The minimum absolute atomic E-state index is 0.00254. The van der Waals surface area contributed by atoms with Crippen molar-refractivity contribution in [2.75, 3.05) is 39.2 Å². The quantitative estimate of drug-likeness (QED) is 0.703. The summed E-state index contributed by atoms with van der Waals surface area (Å²) < 4.78 is 15.8. The number of fused-ring (bicyclic) bond motifs is 1. The summed E-state index contributed by atoms with van der Waals surface area (Å²) in [6, 6.07) is 3.30. The van der Waals surface area contributed by atoms with Crippen molar-refractivity contribution < 1.29 is 33.8 Å². The van der Waals surface area contributed by atoms with Gasteiger partial charge in [0.25, 0.3) is 0 Å². The molecule has 8 nitrogen and oxygen atoms in total. The van der Waals surface area contributed by atoms with Gasteiger partial charge in [0.2, 0.25) is 5.91 Å². The molecule has 26 heavy (non-hydrogen) atoms. The Labute approximate surface area is 155 Å². The summed E-state index contributed by atoms with van der Waals surface area (Å²) in [5.74, 6) is -0.656. The Morgan fingerprint density at radius 2 is 2.12 bits per heavy atom. The molecule has 1 saturated heterocycles. The third-order valence-corrected chi connectivity index (χ3v) is 5.64. The zero-order chi connectivity index (χ0) is 18.7. The molecule has 1 aromatic carbocycles. The van der Waals surface area contributed by atoms with E-state index in [4.69, 9.17) is 14.1 Å². The molecular weight excluding hydrogens is 361 g/mol. The van der Waals surface area contributed by atoms with Crippen LogP contribution in [0.1, 0.15) is 15.9 Å². The van der Waals surface area contributed by atoms with Crippen LogP contribution in [0.3, 0.4) is 0 Å². The largest absolute Gasteiger partial charge is 0.536 e. The molecule has 0 aliphatic carbocycles. The maximum atomic E-state index is 12.3. The summed E-state index contributed by atoms with van der Waals surface area (Å²) in [4.78, 5) is 25.5. The van der Waals surface area contributed by atoms with Crippen LogP contribution in [0.5, 0.6) is 11.5 Å². The van der Waals surface area contributed by atoms with Crippen molar-refractivity contribution in [3.05, 3.63) is 23.3 Å². The zero-order valence-corrected chi connectivity index (χ0v) is 15.2. The molecule has 0 unspecified atom stereocenters. The smallest absolute Gasteiger partial charge is 0.534 e. The van der Waals surface area contributed by atoms with Gasteiger partial charge in [0.15, 0.2) is 0 Å². The molecule has 1 amide bonds. The summed E-state index contributed by atoms with van der Waals surface area (Å²) in [7, 11) is 0.179. The molecule has 2 aliphatic rings. The predicted molar refractivity (Wildman–Crippen MR) is 95.9 cm³/mol. The first-order chi connectivity index (χ1) is 12.5. The number of carbonyl (C=O) groups excluding carboxylic acids is 1. The molecule has 140 valence electrons. The highest BCUT2D eigenvalue weighted by atomic mass is 32.2. The van der Waals surface area contributed by atoms with Crippen molar-refractivity contribution in [2.24, 2.45) is 0 Å². The third kappa shape index (κ3) is 3.92. The fraction of sp³-hybridized carbons (Fsp3) is 0.500. The molecule has 0 aromatic heterocycles. The Hall–Kier alpha value is -1.91. The van der Waals surface area contributed by atoms with E-state index in [0.717, 1.165) is 0 Å². The van der Waals surface area contributed by atoms with Gasteiger partial charge in [0.1, 0.15) is 17.1 Å². The highest BCUT2D eigenvalue weighted by Gasteiger charge is 2.38. The van der Waals surface area contributed by atoms with Gasteiger partial charge in [-0.05, 0) is 18.1 Å². The van der Waals surface area contributed by atoms with Crippen LogP contribution in [-0.4, -0.2) is 78.3 Å². The number of aromatic carboxylic acids is 1. The lowest BCUT2D eigenvalue weighted by atomic mass is 9.77. The van der Waals surface area contributed by atoms with Crippen LogP contribution in [0.4, 0.5) is 0 Å². The third-order valence-electron chi connectivity index (χ3n) is 4.40. The van der Waals surface area contributed by atoms with E-state index < -0.39 is 13.1 Å². The molecule has 0 bridgehead atoms. The van der Waals surface area contributed by atoms with Crippen LogP contribution in [-0.2, 0) is 16.0 Å². The minimum atomic E-state index is -1.20. The van der Waals surface area contributed by atoms with E-state index in [1.807, 2.05) is 0 Å². The lowest BCUT2D eigenvalue weighted by molar-refractivity contribution is -0.132. The van der Waals surface area contributed by atoms with Gasteiger partial charge >= 0.3 is 13.1 Å². The van der Waals surface area contributed by atoms with E-state index in [-0.39, 0.29) is 33.9 Å². The Morgan fingerprint density at radius 1 is 1.38 bits per heavy atom. The van der Waals surface area contributed by atoms with Gasteiger partial charge in [-0.15, -0.1) is 11.8 Å². The van der Waals surface area contributed by atoms with Crippen molar-refractivity contribution in [1.29, 1.82) is 0 Å². The van der Waals surface area contributed by atoms with Crippen LogP contribution < -0.4 is 9.39 Å². The number of nitrogens with zero attached hydrogens (tertiary/aromatic N) is 1.